The largest absolute Gasteiger partial charge is 0.480 e. The first-order chi connectivity index (χ1) is 22.0. The molecular formula is C38H65NO6. The van der Waals surface area contributed by atoms with Gasteiger partial charge in [-0.2, -0.15) is 0 Å². The molecular weight excluding hydrogens is 566 g/mol. The summed E-state index contributed by atoms with van der Waals surface area (Å²) in [6.07, 6.45) is 24.4. The molecule has 1 amide bonds. The molecule has 2 atom stereocenters. The van der Waals surface area contributed by atoms with Gasteiger partial charge < -0.3 is 19.9 Å². The molecule has 1 aromatic rings. The van der Waals surface area contributed by atoms with Gasteiger partial charge in [0.2, 0.25) is 5.91 Å². The van der Waals surface area contributed by atoms with Crippen LogP contribution >= 0.6 is 0 Å². The maximum atomic E-state index is 12.9. The molecule has 0 fully saturated rings. The number of hydrogen-bond acceptors (Lipinski definition) is 5. The van der Waals surface area contributed by atoms with E-state index in [-0.39, 0.29) is 25.6 Å². The highest BCUT2D eigenvalue weighted by atomic mass is 16.5. The van der Waals surface area contributed by atoms with Crippen molar-refractivity contribution in [2.24, 2.45) is 0 Å². The smallest absolute Gasteiger partial charge is 0.328 e. The molecule has 0 saturated heterocycles. The number of nitrogens with one attached hydrogen (secondary N) is 1. The number of carboxylic acid groups (broad SMARTS) is 1. The number of benzene rings is 1. The molecule has 45 heavy (non-hydrogen) atoms. The van der Waals surface area contributed by atoms with E-state index < -0.39 is 24.0 Å². The summed E-state index contributed by atoms with van der Waals surface area (Å²) in [6.45, 7) is 4.59. The Morgan fingerprint density at radius 1 is 0.689 bits per heavy atom. The Kier molecular flexibility index (Phi) is 26.2. The van der Waals surface area contributed by atoms with Gasteiger partial charge in [-0.05, 0) is 24.8 Å². The summed E-state index contributed by atoms with van der Waals surface area (Å²) < 4.78 is 11.4. The van der Waals surface area contributed by atoms with Crippen molar-refractivity contribution in [3.8, 4) is 0 Å². The van der Waals surface area contributed by atoms with Crippen LogP contribution in [0.1, 0.15) is 167 Å². The average molecular weight is 632 g/mol. The summed E-state index contributed by atoms with van der Waals surface area (Å²) in [5.41, 5.74) is 0.929. The van der Waals surface area contributed by atoms with Crippen molar-refractivity contribution in [2.45, 2.75) is 180 Å². The van der Waals surface area contributed by atoms with E-state index in [1.54, 1.807) is 0 Å². The topological polar surface area (TPSA) is 102 Å². The Labute approximate surface area is 274 Å². The molecule has 0 aliphatic heterocycles. The number of ether oxygens (including phenoxy) is 2. The third-order valence-electron chi connectivity index (χ3n) is 8.35. The van der Waals surface area contributed by atoms with E-state index in [2.05, 4.69) is 19.2 Å². The predicted octanol–water partition coefficient (Wildman–Crippen LogP) is 9.70. The first-order valence-electron chi connectivity index (χ1n) is 18.3. The van der Waals surface area contributed by atoms with Gasteiger partial charge in [0.1, 0.15) is 6.10 Å². The van der Waals surface area contributed by atoms with Gasteiger partial charge in [0.05, 0.1) is 19.6 Å². The van der Waals surface area contributed by atoms with Gasteiger partial charge in [-0.3, -0.25) is 9.59 Å². The van der Waals surface area contributed by atoms with Crippen molar-refractivity contribution < 1.29 is 29.0 Å². The lowest BCUT2D eigenvalue weighted by molar-refractivity contribution is -0.152. The fourth-order valence-corrected chi connectivity index (χ4v) is 5.57. The summed E-state index contributed by atoms with van der Waals surface area (Å²) >= 11 is 0. The Hall–Kier alpha value is -2.41. The molecule has 0 bridgehead atoms. The number of carboxylic acids is 1. The number of carbonyl (C=O) groups excluding carboxylic acids is 2. The van der Waals surface area contributed by atoms with Crippen molar-refractivity contribution in [1.29, 1.82) is 0 Å². The normalized spacial score (nSPS) is 12.5. The standard InChI is InChI=1S/C38H65NO6/c1-3-5-7-9-11-13-14-16-18-20-25-29-37(41)45-34(28-24-19-17-15-12-10-8-6-4-2)30-36(40)39-35(38(42)43)32-44-31-33-26-22-21-23-27-33/h21-23,26-27,34-35H,3-20,24-25,28-32H2,1-2H3,(H,39,40)(H,42,43)/t34?,35-/m0/s1. The minimum absolute atomic E-state index is 0.0382. The lowest BCUT2D eigenvalue weighted by Crippen LogP contribution is -2.45. The zero-order valence-corrected chi connectivity index (χ0v) is 28.7. The average Bonchev–Trinajstić information content (AvgIpc) is 3.02. The van der Waals surface area contributed by atoms with Gasteiger partial charge in [-0.1, -0.05) is 160 Å². The highest BCUT2D eigenvalue weighted by molar-refractivity contribution is 5.84. The molecule has 2 N–H and O–H groups in total. The lowest BCUT2D eigenvalue weighted by atomic mass is 10.0. The number of amides is 1. The van der Waals surface area contributed by atoms with Crippen LogP contribution in [0.3, 0.4) is 0 Å². The van der Waals surface area contributed by atoms with E-state index in [1.807, 2.05) is 30.3 Å². The molecule has 0 aromatic heterocycles. The molecule has 1 aromatic carbocycles. The van der Waals surface area contributed by atoms with Crippen molar-refractivity contribution in [3.05, 3.63) is 35.9 Å². The Balaban J connectivity index is 2.44. The van der Waals surface area contributed by atoms with E-state index in [4.69, 9.17) is 9.47 Å². The minimum Gasteiger partial charge on any atom is -0.480 e. The van der Waals surface area contributed by atoms with Gasteiger partial charge in [0.25, 0.3) is 0 Å². The van der Waals surface area contributed by atoms with Crippen LogP contribution in [-0.2, 0) is 30.5 Å². The summed E-state index contributed by atoms with van der Waals surface area (Å²) in [4.78, 5) is 37.4. The molecule has 0 saturated carbocycles. The fraction of sp³-hybridized carbons (Fsp3) is 0.763. The number of carbonyl (C=O) groups is 3. The minimum atomic E-state index is -1.17. The van der Waals surface area contributed by atoms with E-state index in [9.17, 15) is 19.5 Å². The zero-order valence-electron chi connectivity index (χ0n) is 28.7. The summed E-state index contributed by atoms with van der Waals surface area (Å²) in [5, 5.41) is 12.2. The third kappa shape index (κ3) is 24.5. The Morgan fingerprint density at radius 3 is 1.69 bits per heavy atom. The maximum Gasteiger partial charge on any atom is 0.328 e. The highest BCUT2D eigenvalue weighted by Gasteiger charge is 2.24. The molecule has 258 valence electrons. The van der Waals surface area contributed by atoms with Crippen LogP contribution < -0.4 is 5.32 Å². The molecule has 1 rings (SSSR count). The monoisotopic (exact) mass is 631 g/mol. The summed E-state index contributed by atoms with van der Waals surface area (Å²) in [6, 6.07) is 8.32. The van der Waals surface area contributed by atoms with E-state index in [0.717, 1.165) is 44.1 Å². The van der Waals surface area contributed by atoms with Crippen LogP contribution in [-0.4, -0.2) is 41.7 Å². The second-order valence-electron chi connectivity index (χ2n) is 12.7. The fourth-order valence-electron chi connectivity index (χ4n) is 5.57. The number of esters is 1. The zero-order chi connectivity index (χ0) is 32.8. The van der Waals surface area contributed by atoms with Crippen LogP contribution in [0, 0.1) is 0 Å². The van der Waals surface area contributed by atoms with E-state index in [1.165, 1.54) is 89.9 Å². The summed E-state index contributed by atoms with van der Waals surface area (Å²) in [5.74, 6) is -1.85. The van der Waals surface area contributed by atoms with Crippen LogP contribution in [0.25, 0.3) is 0 Å². The van der Waals surface area contributed by atoms with Gasteiger partial charge in [-0.15, -0.1) is 0 Å². The number of aliphatic carboxylic acids is 1. The molecule has 0 aliphatic carbocycles. The second-order valence-corrected chi connectivity index (χ2v) is 12.7. The van der Waals surface area contributed by atoms with E-state index in [0.29, 0.717) is 12.8 Å². The van der Waals surface area contributed by atoms with Crippen molar-refractivity contribution in [1.82, 2.24) is 5.32 Å². The Bertz CT molecular complexity index is 861. The molecule has 0 heterocycles. The number of rotatable bonds is 31. The van der Waals surface area contributed by atoms with Gasteiger partial charge in [-0.25, -0.2) is 4.79 Å². The van der Waals surface area contributed by atoms with Gasteiger partial charge in [0, 0.05) is 6.42 Å². The molecule has 7 nitrogen and oxygen atoms in total. The van der Waals surface area contributed by atoms with Crippen LogP contribution in [0.15, 0.2) is 30.3 Å². The van der Waals surface area contributed by atoms with Crippen LogP contribution in [0.2, 0.25) is 0 Å². The number of unbranched alkanes of at least 4 members (excludes halogenated alkanes) is 18. The SMILES string of the molecule is CCCCCCCCCCCCCC(=O)OC(CCCCCCCCCCC)CC(=O)N[C@@H](COCc1ccccc1)C(=O)O. The predicted molar refractivity (Wildman–Crippen MR) is 183 cm³/mol. The molecule has 0 radical (unpaired) electrons. The first kappa shape index (κ1) is 40.6. The summed E-state index contributed by atoms with van der Waals surface area (Å²) in [7, 11) is 0. The van der Waals surface area contributed by atoms with E-state index >= 15 is 0 Å². The quantitative estimate of drug-likeness (QED) is 0.0625. The van der Waals surface area contributed by atoms with Crippen molar-refractivity contribution >= 4 is 17.8 Å². The molecule has 1 unspecified atom stereocenters. The first-order valence-corrected chi connectivity index (χ1v) is 18.3. The van der Waals surface area contributed by atoms with Crippen LogP contribution in [0.5, 0.6) is 0 Å². The van der Waals surface area contributed by atoms with Gasteiger partial charge >= 0.3 is 11.9 Å². The lowest BCUT2D eigenvalue weighted by Gasteiger charge is -2.20. The Morgan fingerprint density at radius 2 is 1.18 bits per heavy atom. The second kappa shape index (κ2) is 29.0. The molecule has 0 spiro atoms. The van der Waals surface area contributed by atoms with Crippen LogP contribution in [0.4, 0.5) is 0 Å². The number of hydrogen-bond donors (Lipinski definition) is 2. The molecule has 0 aliphatic rings. The van der Waals surface area contributed by atoms with Gasteiger partial charge in [0.15, 0.2) is 6.04 Å². The third-order valence-corrected chi connectivity index (χ3v) is 8.35. The highest BCUT2D eigenvalue weighted by Crippen LogP contribution is 2.17. The van der Waals surface area contributed by atoms with Crippen molar-refractivity contribution in [3.63, 3.8) is 0 Å². The van der Waals surface area contributed by atoms with Crippen molar-refractivity contribution in [2.75, 3.05) is 6.61 Å². The molecule has 7 heteroatoms. The maximum absolute atomic E-state index is 12.9.